The molecule has 0 amide bonds. The van der Waals surface area contributed by atoms with Crippen LogP contribution in [0.4, 0.5) is 0 Å². The van der Waals surface area contributed by atoms with Gasteiger partial charge in [0.2, 0.25) is 0 Å². The summed E-state index contributed by atoms with van der Waals surface area (Å²) >= 11 is 0. The molecule has 104 valence electrons. The van der Waals surface area contributed by atoms with Gasteiger partial charge in [-0.2, -0.15) is 0 Å². The van der Waals surface area contributed by atoms with Gasteiger partial charge >= 0.3 is 11.9 Å². The predicted octanol–water partition coefficient (Wildman–Crippen LogP) is 1.90. The number of ether oxygens (including phenoxy) is 2. The molecular formula is C14H13NO5. The van der Waals surface area contributed by atoms with E-state index in [4.69, 9.17) is 4.74 Å². The van der Waals surface area contributed by atoms with E-state index in [1.165, 1.54) is 13.2 Å². The van der Waals surface area contributed by atoms with Crippen molar-refractivity contribution >= 4 is 22.8 Å². The van der Waals surface area contributed by atoms with E-state index in [0.717, 1.165) is 6.07 Å². The molecule has 1 aromatic heterocycles. The molecule has 0 aliphatic rings. The lowest BCUT2D eigenvalue weighted by Gasteiger charge is -2.08. The average Bonchev–Trinajstić information content (AvgIpc) is 2.45. The molecule has 0 atom stereocenters. The Hall–Kier alpha value is -2.63. The van der Waals surface area contributed by atoms with Gasteiger partial charge in [-0.25, -0.2) is 14.6 Å². The first-order chi connectivity index (χ1) is 9.58. The summed E-state index contributed by atoms with van der Waals surface area (Å²) in [5.41, 5.74) is 0.486. The van der Waals surface area contributed by atoms with Crippen molar-refractivity contribution in [1.82, 2.24) is 4.98 Å². The molecule has 0 aliphatic carbocycles. The Morgan fingerprint density at radius 2 is 2.05 bits per heavy atom. The van der Waals surface area contributed by atoms with E-state index in [1.807, 2.05) is 0 Å². The largest absolute Gasteiger partial charge is 0.507 e. The third kappa shape index (κ3) is 2.40. The second-order valence-electron chi connectivity index (χ2n) is 3.94. The van der Waals surface area contributed by atoms with Crippen molar-refractivity contribution in [3.05, 3.63) is 35.5 Å². The summed E-state index contributed by atoms with van der Waals surface area (Å²) in [6.45, 7) is 1.92. The zero-order valence-corrected chi connectivity index (χ0v) is 11.0. The van der Waals surface area contributed by atoms with E-state index in [9.17, 15) is 14.7 Å². The summed E-state index contributed by atoms with van der Waals surface area (Å²) in [7, 11) is 1.22. The summed E-state index contributed by atoms with van der Waals surface area (Å²) in [6, 6.07) is 5.88. The van der Waals surface area contributed by atoms with Gasteiger partial charge in [0.05, 0.1) is 30.2 Å². The lowest BCUT2D eigenvalue weighted by Crippen LogP contribution is -2.08. The Kier molecular flexibility index (Phi) is 3.84. The Bertz CT molecular complexity index is 681. The highest BCUT2D eigenvalue weighted by Gasteiger charge is 2.18. The lowest BCUT2D eigenvalue weighted by molar-refractivity contribution is 0.0527. The van der Waals surface area contributed by atoms with Gasteiger partial charge in [0.1, 0.15) is 5.75 Å². The number of aromatic hydroxyl groups is 1. The smallest absolute Gasteiger partial charge is 0.356 e. The Balaban J connectivity index is 2.64. The van der Waals surface area contributed by atoms with Crippen LogP contribution in [0.1, 0.15) is 27.8 Å². The van der Waals surface area contributed by atoms with Crippen LogP contribution in [-0.2, 0) is 9.47 Å². The lowest BCUT2D eigenvalue weighted by atomic mass is 10.1. The van der Waals surface area contributed by atoms with Crippen molar-refractivity contribution in [3.63, 3.8) is 0 Å². The topological polar surface area (TPSA) is 85.7 Å². The summed E-state index contributed by atoms with van der Waals surface area (Å²) in [6.07, 6.45) is 0. The van der Waals surface area contributed by atoms with Crippen LogP contribution in [0, 0.1) is 0 Å². The van der Waals surface area contributed by atoms with E-state index in [0.29, 0.717) is 5.52 Å². The number of rotatable bonds is 3. The molecule has 1 heterocycles. The Morgan fingerprint density at radius 3 is 2.70 bits per heavy atom. The summed E-state index contributed by atoms with van der Waals surface area (Å²) in [4.78, 5) is 27.3. The molecule has 2 aromatic rings. The monoisotopic (exact) mass is 275 g/mol. The third-order valence-electron chi connectivity index (χ3n) is 2.70. The average molecular weight is 275 g/mol. The van der Waals surface area contributed by atoms with E-state index >= 15 is 0 Å². The quantitative estimate of drug-likeness (QED) is 0.861. The number of hydrogen-bond donors (Lipinski definition) is 1. The molecule has 0 saturated heterocycles. The van der Waals surface area contributed by atoms with Gasteiger partial charge in [-0.3, -0.25) is 0 Å². The number of carbonyl (C=O) groups is 2. The minimum absolute atomic E-state index is 0.0292. The van der Waals surface area contributed by atoms with Crippen LogP contribution >= 0.6 is 0 Å². The number of methoxy groups -OCH3 is 1. The van der Waals surface area contributed by atoms with Gasteiger partial charge in [-0.1, -0.05) is 6.07 Å². The summed E-state index contributed by atoms with van der Waals surface area (Å²) < 4.78 is 9.47. The number of aromatic nitrogens is 1. The predicted molar refractivity (Wildman–Crippen MR) is 70.7 cm³/mol. The Morgan fingerprint density at radius 1 is 1.30 bits per heavy atom. The first kappa shape index (κ1) is 13.8. The van der Waals surface area contributed by atoms with Crippen molar-refractivity contribution in [3.8, 4) is 5.75 Å². The number of benzene rings is 1. The number of fused-ring (bicyclic) bond motifs is 1. The highest BCUT2D eigenvalue weighted by atomic mass is 16.5. The maximum Gasteiger partial charge on any atom is 0.356 e. The number of pyridine rings is 1. The van der Waals surface area contributed by atoms with Gasteiger partial charge in [-0.15, -0.1) is 0 Å². The zero-order chi connectivity index (χ0) is 14.7. The molecular weight excluding hydrogens is 262 g/mol. The van der Waals surface area contributed by atoms with Gasteiger partial charge in [0.25, 0.3) is 0 Å². The van der Waals surface area contributed by atoms with Crippen molar-refractivity contribution < 1.29 is 24.2 Å². The molecule has 0 unspecified atom stereocenters. The van der Waals surface area contributed by atoms with Crippen LogP contribution in [0.2, 0.25) is 0 Å². The minimum Gasteiger partial charge on any atom is -0.507 e. The molecule has 0 spiro atoms. The second-order valence-corrected chi connectivity index (χ2v) is 3.94. The molecule has 0 bridgehead atoms. The van der Waals surface area contributed by atoms with Crippen LogP contribution in [0.3, 0.4) is 0 Å². The fraction of sp³-hybridized carbons (Fsp3) is 0.214. The van der Waals surface area contributed by atoms with E-state index in [2.05, 4.69) is 9.72 Å². The normalized spacial score (nSPS) is 10.3. The van der Waals surface area contributed by atoms with Crippen molar-refractivity contribution in [2.75, 3.05) is 13.7 Å². The van der Waals surface area contributed by atoms with Crippen LogP contribution in [-0.4, -0.2) is 35.7 Å². The second kappa shape index (κ2) is 5.56. The molecule has 0 saturated carbocycles. The van der Waals surface area contributed by atoms with Crippen molar-refractivity contribution in [2.24, 2.45) is 0 Å². The van der Waals surface area contributed by atoms with E-state index < -0.39 is 11.9 Å². The fourth-order valence-electron chi connectivity index (χ4n) is 1.85. The van der Waals surface area contributed by atoms with E-state index in [1.54, 1.807) is 19.1 Å². The maximum atomic E-state index is 11.8. The molecule has 6 nitrogen and oxygen atoms in total. The number of hydrogen-bond acceptors (Lipinski definition) is 6. The standard InChI is InChI=1S/C14H13NO5/c1-3-20-13(17)8-5-4-6-9-12(8)11(16)7-10(15-9)14(18)19-2/h4-7H,3H2,1-2H3,(H,15,16). The molecule has 6 heteroatoms. The van der Waals surface area contributed by atoms with E-state index in [-0.39, 0.29) is 29.0 Å². The first-order valence-corrected chi connectivity index (χ1v) is 5.96. The van der Waals surface area contributed by atoms with Gasteiger partial charge in [0, 0.05) is 6.07 Å². The molecule has 0 aliphatic heterocycles. The third-order valence-corrected chi connectivity index (χ3v) is 2.70. The number of carbonyl (C=O) groups excluding carboxylic acids is 2. The minimum atomic E-state index is -0.663. The van der Waals surface area contributed by atoms with Crippen LogP contribution in [0.25, 0.3) is 10.9 Å². The molecule has 0 radical (unpaired) electrons. The molecule has 20 heavy (non-hydrogen) atoms. The maximum absolute atomic E-state index is 11.8. The van der Waals surface area contributed by atoms with Gasteiger partial charge < -0.3 is 14.6 Å². The number of esters is 2. The molecule has 0 fully saturated rings. The van der Waals surface area contributed by atoms with Crippen molar-refractivity contribution in [2.45, 2.75) is 6.92 Å². The molecule has 1 aromatic carbocycles. The Labute approximate surface area is 115 Å². The van der Waals surface area contributed by atoms with Crippen LogP contribution in [0.15, 0.2) is 24.3 Å². The highest BCUT2D eigenvalue weighted by Crippen LogP contribution is 2.28. The summed E-state index contributed by atoms with van der Waals surface area (Å²) in [5, 5.41) is 10.3. The van der Waals surface area contributed by atoms with Gasteiger partial charge in [0.15, 0.2) is 5.69 Å². The van der Waals surface area contributed by atoms with Crippen LogP contribution in [0.5, 0.6) is 5.75 Å². The van der Waals surface area contributed by atoms with Crippen LogP contribution < -0.4 is 0 Å². The summed E-state index contributed by atoms with van der Waals surface area (Å²) in [5.74, 6) is -1.44. The number of nitrogens with zero attached hydrogens (tertiary/aromatic N) is 1. The molecule has 1 N–H and O–H groups in total. The highest BCUT2D eigenvalue weighted by molar-refractivity contribution is 6.07. The van der Waals surface area contributed by atoms with Crippen molar-refractivity contribution in [1.29, 1.82) is 0 Å². The van der Waals surface area contributed by atoms with Gasteiger partial charge in [-0.05, 0) is 19.1 Å². The SMILES string of the molecule is CCOC(=O)c1cccc2nc(C(=O)OC)cc(O)c12. The molecule has 2 rings (SSSR count). The zero-order valence-electron chi connectivity index (χ0n) is 11.0. The first-order valence-electron chi connectivity index (χ1n) is 5.96. The fourth-order valence-corrected chi connectivity index (χ4v) is 1.85.